The lowest BCUT2D eigenvalue weighted by molar-refractivity contribution is 0.572. The van der Waals surface area contributed by atoms with Gasteiger partial charge in [-0.1, -0.05) is 6.07 Å². The van der Waals surface area contributed by atoms with Gasteiger partial charge in [0.15, 0.2) is 0 Å². The monoisotopic (exact) mass is 375 g/mol. The molecule has 1 atom stereocenters. The maximum absolute atomic E-state index is 11.5. The highest BCUT2D eigenvalue weighted by Crippen LogP contribution is 2.35. The largest absolute Gasteiger partial charge is 0.443 e. The van der Waals surface area contributed by atoms with Crippen LogP contribution in [-0.4, -0.2) is 19.4 Å². The Bertz CT molecular complexity index is 1010. The molecule has 0 fully saturated rings. The van der Waals surface area contributed by atoms with E-state index in [9.17, 15) is 8.42 Å². The van der Waals surface area contributed by atoms with Crippen molar-refractivity contribution in [2.45, 2.75) is 30.8 Å². The molecule has 6 nitrogen and oxygen atoms in total. The van der Waals surface area contributed by atoms with Crippen LogP contribution >= 0.6 is 11.3 Å². The first-order valence-electron chi connectivity index (χ1n) is 7.82. The van der Waals surface area contributed by atoms with Crippen LogP contribution in [0.4, 0.5) is 5.69 Å². The second-order valence-electron chi connectivity index (χ2n) is 6.14. The van der Waals surface area contributed by atoms with E-state index in [2.05, 4.69) is 16.8 Å². The van der Waals surface area contributed by atoms with Gasteiger partial charge in [0.25, 0.3) is 0 Å². The number of primary sulfonamides is 1. The van der Waals surface area contributed by atoms with Crippen molar-refractivity contribution in [2.75, 3.05) is 4.90 Å². The number of sulfonamides is 1. The minimum atomic E-state index is -3.68. The Kier molecular flexibility index (Phi) is 3.90. The molecule has 1 aliphatic rings. The van der Waals surface area contributed by atoms with E-state index in [1.54, 1.807) is 29.7 Å². The topological polar surface area (TPSA) is 89.4 Å². The van der Waals surface area contributed by atoms with E-state index in [1.165, 1.54) is 0 Å². The predicted octanol–water partition coefficient (Wildman–Crippen LogP) is 3.00. The SMILES string of the molecule is C[C@@H]1Cc2cc(S(N)(=O)=O)ccc2N1Cc1coc(-c2cccs2)n1. The van der Waals surface area contributed by atoms with Crippen LogP contribution in [0.2, 0.25) is 0 Å². The summed E-state index contributed by atoms with van der Waals surface area (Å²) in [6, 6.07) is 9.22. The normalized spacial score (nSPS) is 17.0. The van der Waals surface area contributed by atoms with Crippen molar-refractivity contribution in [3.63, 3.8) is 0 Å². The zero-order valence-electron chi connectivity index (χ0n) is 13.5. The van der Waals surface area contributed by atoms with Gasteiger partial charge in [0.1, 0.15) is 6.26 Å². The van der Waals surface area contributed by atoms with Crippen LogP contribution in [-0.2, 0) is 23.0 Å². The van der Waals surface area contributed by atoms with E-state index in [0.29, 0.717) is 12.4 Å². The van der Waals surface area contributed by atoms with E-state index in [-0.39, 0.29) is 10.9 Å². The van der Waals surface area contributed by atoms with Gasteiger partial charge in [-0.25, -0.2) is 18.5 Å². The molecule has 130 valence electrons. The maximum atomic E-state index is 11.5. The number of fused-ring (bicyclic) bond motifs is 1. The van der Waals surface area contributed by atoms with Gasteiger partial charge in [-0.3, -0.25) is 0 Å². The lowest BCUT2D eigenvalue weighted by atomic mass is 10.1. The molecule has 0 aliphatic carbocycles. The van der Waals surface area contributed by atoms with Crippen LogP contribution < -0.4 is 10.0 Å². The fraction of sp³-hybridized carbons (Fsp3) is 0.235. The summed E-state index contributed by atoms with van der Waals surface area (Å²) >= 11 is 1.59. The molecule has 3 heterocycles. The lowest BCUT2D eigenvalue weighted by Crippen LogP contribution is -2.28. The van der Waals surface area contributed by atoms with Gasteiger partial charge in [0.05, 0.1) is 22.0 Å². The Morgan fingerprint density at radius 1 is 1.40 bits per heavy atom. The highest BCUT2D eigenvalue weighted by molar-refractivity contribution is 7.89. The smallest absolute Gasteiger partial charge is 0.238 e. The van der Waals surface area contributed by atoms with Crippen LogP contribution in [0.3, 0.4) is 0 Å². The summed E-state index contributed by atoms with van der Waals surface area (Å²) in [5.41, 5.74) is 2.85. The Labute approximate surface area is 150 Å². The first-order valence-corrected chi connectivity index (χ1v) is 10.2. The van der Waals surface area contributed by atoms with Crippen LogP contribution in [0.1, 0.15) is 18.2 Å². The van der Waals surface area contributed by atoms with Crippen molar-refractivity contribution < 1.29 is 12.8 Å². The van der Waals surface area contributed by atoms with Crippen LogP contribution in [0.25, 0.3) is 10.8 Å². The Morgan fingerprint density at radius 3 is 2.96 bits per heavy atom. The van der Waals surface area contributed by atoms with Crippen molar-refractivity contribution in [1.82, 2.24) is 4.98 Å². The number of aromatic nitrogens is 1. The summed E-state index contributed by atoms with van der Waals surface area (Å²) in [7, 11) is -3.68. The molecule has 0 radical (unpaired) electrons. The summed E-state index contributed by atoms with van der Waals surface area (Å²) < 4.78 is 28.7. The molecule has 0 saturated heterocycles. The third kappa shape index (κ3) is 3.08. The Hall–Kier alpha value is -2.16. The van der Waals surface area contributed by atoms with Gasteiger partial charge in [-0.05, 0) is 48.6 Å². The van der Waals surface area contributed by atoms with Crippen LogP contribution in [0, 0.1) is 0 Å². The zero-order chi connectivity index (χ0) is 17.6. The lowest BCUT2D eigenvalue weighted by Gasteiger charge is -2.23. The minimum absolute atomic E-state index is 0.154. The van der Waals surface area contributed by atoms with Crippen molar-refractivity contribution >= 4 is 27.0 Å². The van der Waals surface area contributed by atoms with Crippen molar-refractivity contribution in [3.8, 4) is 10.8 Å². The highest BCUT2D eigenvalue weighted by atomic mass is 32.2. The zero-order valence-corrected chi connectivity index (χ0v) is 15.2. The van der Waals surface area contributed by atoms with E-state index < -0.39 is 10.0 Å². The molecule has 0 saturated carbocycles. The second-order valence-corrected chi connectivity index (χ2v) is 8.65. The van der Waals surface area contributed by atoms with Gasteiger partial charge < -0.3 is 9.32 Å². The van der Waals surface area contributed by atoms with Gasteiger partial charge in [-0.2, -0.15) is 0 Å². The summed E-state index contributed by atoms with van der Waals surface area (Å²) in [4.78, 5) is 7.93. The highest BCUT2D eigenvalue weighted by Gasteiger charge is 2.28. The predicted molar refractivity (Wildman–Crippen MR) is 97.0 cm³/mol. The second kappa shape index (κ2) is 5.98. The molecule has 3 aromatic rings. The molecule has 25 heavy (non-hydrogen) atoms. The molecule has 0 spiro atoms. The molecule has 2 aromatic heterocycles. The maximum Gasteiger partial charge on any atom is 0.238 e. The van der Waals surface area contributed by atoms with E-state index in [0.717, 1.165) is 28.2 Å². The summed E-state index contributed by atoms with van der Waals surface area (Å²) in [6.45, 7) is 2.72. The van der Waals surface area contributed by atoms with Crippen molar-refractivity contribution in [3.05, 3.63) is 53.2 Å². The van der Waals surface area contributed by atoms with Crippen molar-refractivity contribution in [2.24, 2.45) is 5.14 Å². The number of thiophene rings is 1. The van der Waals surface area contributed by atoms with Gasteiger partial charge in [0, 0.05) is 11.7 Å². The Balaban J connectivity index is 1.60. The molecule has 1 aliphatic heterocycles. The fourth-order valence-electron chi connectivity index (χ4n) is 3.16. The number of nitrogens with two attached hydrogens (primary N) is 1. The number of rotatable bonds is 4. The number of hydrogen-bond donors (Lipinski definition) is 1. The number of oxazole rings is 1. The fourth-order valence-corrected chi connectivity index (χ4v) is 4.38. The van der Waals surface area contributed by atoms with Crippen LogP contribution in [0.5, 0.6) is 0 Å². The number of anilines is 1. The molecule has 0 amide bonds. The van der Waals surface area contributed by atoms with Crippen LogP contribution in [0.15, 0.2) is 51.3 Å². The molecule has 0 unspecified atom stereocenters. The van der Waals surface area contributed by atoms with Gasteiger partial charge in [0.2, 0.25) is 15.9 Å². The van der Waals surface area contributed by atoms with E-state index in [4.69, 9.17) is 9.56 Å². The average molecular weight is 375 g/mol. The number of hydrogen-bond acceptors (Lipinski definition) is 6. The average Bonchev–Trinajstić information content (AvgIpc) is 3.27. The van der Waals surface area contributed by atoms with Gasteiger partial charge in [-0.15, -0.1) is 11.3 Å². The third-order valence-corrected chi connectivity index (χ3v) is 6.12. The van der Waals surface area contributed by atoms with E-state index in [1.807, 2.05) is 23.6 Å². The minimum Gasteiger partial charge on any atom is -0.443 e. The molecule has 0 bridgehead atoms. The molecular weight excluding hydrogens is 358 g/mol. The summed E-state index contributed by atoms with van der Waals surface area (Å²) in [6.07, 6.45) is 2.45. The van der Waals surface area contributed by atoms with Gasteiger partial charge >= 0.3 is 0 Å². The van der Waals surface area contributed by atoms with Crippen molar-refractivity contribution in [1.29, 1.82) is 0 Å². The quantitative estimate of drug-likeness (QED) is 0.757. The van der Waals surface area contributed by atoms with E-state index >= 15 is 0 Å². The Morgan fingerprint density at radius 2 is 2.24 bits per heavy atom. The number of benzene rings is 1. The molecule has 8 heteroatoms. The molecule has 2 N–H and O–H groups in total. The standard InChI is InChI=1S/C17H17N3O3S2/c1-11-7-12-8-14(25(18,21)22)4-5-15(12)20(11)9-13-10-23-17(19-13)16-3-2-6-24-16/h2-6,8,10-11H,7,9H2,1H3,(H2,18,21,22)/t11-/m1/s1. The number of nitrogens with zero attached hydrogens (tertiary/aromatic N) is 2. The summed E-state index contributed by atoms with van der Waals surface area (Å²) in [5, 5.41) is 7.22. The third-order valence-electron chi connectivity index (χ3n) is 4.35. The first kappa shape index (κ1) is 16.3. The first-order chi connectivity index (χ1) is 11.9. The summed E-state index contributed by atoms with van der Waals surface area (Å²) in [5.74, 6) is 0.627. The molecular formula is C17H17N3O3S2. The molecule has 4 rings (SSSR count). The molecule has 1 aromatic carbocycles.